The van der Waals surface area contributed by atoms with Gasteiger partial charge in [-0.1, -0.05) is 44.2 Å². The Balaban J connectivity index is 2.17. The third kappa shape index (κ3) is 3.74. The minimum Gasteiger partial charge on any atom is -0.315 e. The van der Waals surface area contributed by atoms with Crippen LogP contribution in [0, 0.1) is 0 Å². The normalized spacial score (nSPS) is 26.3. The number of nitrogens with one attached hydrogen (secondary N) is 1. The van der Waals surface area contributed by atoms with Gasteiger partial charge in [0, 0.05) is 36.2 Å². The van der Waals surface area contributed by atoms with E-state index >= 15 is 0 Å². The molecule has 0 bridgehead atoms. The van der Waals surface area contributed by atoms with Crippen LogP contribution in [0.5, 0.6) is 0 Å². The topological polar surface area (TPSA) is 15.3 Å². The molecule has 1 aliphatic rings. The van der Waals surface area contributed by atoms with E-state index in [0.29, 0.717) is 12.1 Å². The van der Waals surface area contributed by atoms with Crippen LogP contribution in [-0.4, -0.2) is 41.6 Å². The minimum atomic E-state index is 0.500. The first-order valence-corrected chi connectivity index (χ1v) is 8.42. The van der Waals surface area contributed by atoms with Gasteiger partial charge in [0.05, 0.1) is 0 Å². The van der Waals surface area contributed by atoms with E-state index < -0.39 is 0 Å². The molecule has 1 aromatic rings. The van der Waals surface area contributed by atoms with E-state index in [4.69, 9.17) is 0 Å². The van der Waals surface area contributed by atoms with E-state index in [1.807, 2.05) is 0 Å². The molecule has 0 radical (unpaired) electrons. The predicted molar refractivity (Wildman–Crippen MR) is 85.8 cm³/mol. The van der Waals surface area contributed by atoms with Crippen LogP contribution < -0.4 is 5.32 Å². The molecule has 0 amide bonds. The average Bonchev–Trinajstić information content (AvgIpc) is 2.45. The zero-order valence-corrected chi connectivity index (χ0v) is 13.1. The molecule has 0 aromatic heterocycles. The lowest BCUT2D eigenvalue weighted by Gasteiger charge is -2.43. The molecule has 1 heterocycles. The van der Waals surface area contributed by atoms with Gasteiger partial charge in [0.2, 0.25) is 0 Å². The quantitative estimate of drug-likeness (QED) is 0.890. The van der Waals surface area contributed by atoms with Crippen molar-refractivity contribution in [2.45, 2.75) is 38.1 Å². The van der Waals surface area contributed by atoms with Gasteiger partial charge >= 0.3 is 0 Å². The maximum atomic E-state index is 3.53. The van der Waals surface area contributed by atoms with Crippen LogP contribution in [0.15, 0.2) is 30.3 Å². The van der Waals surface area contributed by atoms with E-state index in [2.05, 4.69) is 73.1 Å². The summed E-state index contributed by atoms with van der Waals surface area (Å²) in [7, 11) is 0. The summed E-state index contributed by atoms with van der Waals surface area (Å²) >= 11 is 2.10. The van der Waals surface area contributed by atoms with Crippen molar-refractivity contribution in [2.24, 2.45) is 0 Å². The van der Waals surface area contributed by atoms with Crippen molar-refractivity contribution in [3.8, 4) is 0 Å². The van der Waals surface area contributed by atoms with Crippen molar-refractivity contribution in [1.82, 2.24) is 10.2 Å². The Kier molecular flexibility index (Phi) is 5.74. The van der Waals surface area contributed by atoms with E-state index in [9.17, 15) is 0 Å². The first-order chi connectivity index (χ1) is 9.24. The van der Waals surface area contributed by atoms with Crippen LogP contribution in [0.25, 0.3) is 0 Å². The molecule has 106 valence electrons. The number of hydrogen-bond donors (Lipinski definition) is 1. The largest absolute Gasteiger partial charge is 0.315 e. The van der Waals surface area contributed by atoms with Crippen molar-refractivity contribution < 1.29 is 0 Å². The van der Waals surface area contributed by atoms with Gasteiger partial charge in [-0.05, 0) is 19.0 Å². The lowest BCUT2D eigenvalue weighted by molar-refractivity contribution is 0.144. The Hall–Kier alpha value is -0.510. The Labute approximate surface area is 122 Å². The van der Waals surface area contributed by atoms with Crippen molar-refractivity contribution in [3.05, 3.63) is 35.9 Å². The molecular formula is C16H26N2S. The molecule has 3 unspecified atom stereocenters. The molecule has 3 atom stereocenters. The van der Waals surface area contributed by atoms with Crippen LogP contribution in [-0.2, 0) is 0 Å². The molecule has 2 rings (SSSR count). The van der Waals surface area contributed by atoms with Gasteiger partial charge in [-0.3, -0.25) is 4.90 Å². The molecule has 1 N–H and O–H groups in total. The molecular weight excluding hydrogens is 252 g/mol. The molecule has 19 heavy (non-hydrogen) atoms. The molecule has 1 aromatic carbocycles. The molecule has 2 nitrogen and oxygen atoms in total. The predicted octanol–water partition coefficient (Wildman–Crippen LogP) is 3.16. The third-order valence-electron chi connectivity index (χ3n) is 4.11. The second-order valence-corrected chi connectivity index (χ2v) is 6.77. The van der Waals surface area contributed by atoms with Crippen molar-refractivity contribution in [1.29, 1.82) is 0 Å². The minimum absolute atomic E-state index is 0.500. The van der Waals surface area contributed by atoms with E-state index in [1.165, 1.54) is 17.9 Å². The second kappa shape index (κ2) is 7.32. The number of rotatable bonds is 5. The lowest BCUT2D eigenvalue weighted by atomic mass is 10.0. The monoisotopic (exact) mass is 278 g/mol. The van der Waals surface area contributed by atoms with Gasteiger partial charge < -0.3 is 5.32 Å². The highest BCUT2D eigenvalue weighted by Crippen LogP contribution is 2.31. The summed E-state index contributed by atoms with van der Waals surface area (Å²) in [5.74, 6) is 1.25. The van der Waals surface area contributed by atoms with Gasteiger partial charge in [-0.25, -0.2) is 0 Å². The van der Waals surface area contributed by atoms with Crippen LogP contribution in [0.4, 0.5) is 0 Å². The van der Waals surface area contributed by atoms with Gasteiger partial charge in [0.15, 0.2) is 0 Å². The molecule has 1 saturated heterocycles. The molecule has 3 heteroatoms. The average molecular weight is 278 g/mol. The summed E-state index contributed by atoms with van der Waals surface area (Å²) in [4.78, 5) is 2.68. The SMILES string of the molecule is CCNCC(c1ccccc1)N1CCSC(C)C1C. The van der Waals surface area contributed by atoms with Gasteiger partial charge in [-0.15, -0.1) is 0 Å². The van der Waals surface area contributed by atoms with Crippen molar-refractivity contribution in [2.75, 3.05) is 25.4 Å². The number of benzene rings is 1. The van der Waals surface area contributed by atoms with Crippen molar-refractivity contribution >= 4 is 11.8 Å². The maximum absolute atomic E-state index is 3.53. The first-order valence-electron chi connectivity index (χ1n) is 7.37. The Morgan fingerprint density at radius 3 is 2.74 bits per heavy atom. The fourth-order valence-electron chi connectivity index (χ4n) is 2.78. The van der Waals surface area contributed by atoms with Crippen LogP contribution in [0.2, 0.25) is 0 Å². The van der Waals surface area contributed by atoms with Gasteiger partial charge in [0.25, 0.3) is 0 Å². The molecule has 1 fully saturated rings. The first kappa shape index (κ1) is 14.9. The highest BCUT2D eigenvalue weighted by Gasteiger charge is 2.31. The fraction of sp³-hybridized carbons (Fsp3) is 0.625. The highest BCUT2D eigenvalue weighted by molar-refractivity contribution is 8.00. The smallest absolute Gasteiger partial charge is 0.0476 e. The molecule has 0 spiro atoms. The third-order valence-corrected chi connectivity index (χ3v) is 5.44. The summed E-state index contributed by atoms with van der Waals surface area (Å²) in [6.45, 7) is 10.2. The van der Waals surface area contributed by atoms with E-state index in [-0.39, 0.29) is 0 Å². The summed E-state index contributed by atoms with van der Waals surface area (Å²) in [6.07, 6.45) is 0. The van der Waals surface area contributed by atoms with Crippen molar-refractivity contribution in [3.63, 3.8) is 0 Å². The summed E-state index contributed by atoms with van der Waals surface area (Å²) in [5, 5.41) is 4.25. The summed E-state index contributed by atoms with van der Waals surface area (Å²) in [5.41, 5.74) is 1.44. The fourth-order valence-corrected chi connectivity index (χ4v) is 3.90. The maximum Gasteiger partial charge on any atom is 0.0476 e. The summed E-state index contributed by atoms with van der Waals surface area (Å²) < 4.78 is 0. The highest BCUT2D eigenvalue weighted by atomic mass is 32.2. The van der Waals surface area contributed by atoms with E-state index in [1.54, 1.807) is 0 Å². The molecule has 0 saturated carbocycles. The van der Waals surface area contributed by atoms with Crippen LogP contribution in [0.3, 0.4) is 0 Å². The number of likely N-dealkylation sites (N-methyl/N-ethyl adjacent to an activating group) is 1. The Bertz CT molecular complexity index is 368. The standard InChI is InChI=1S/C16H26N2S/c1-4-17-12-16(15-8-6-5-7-9-15)18-10-11-19-14(3)13(18)2/h5-9,13-14,16-17H,4,10-12H2,1-3H3. The second-order valence-electron chi connectivity index (χ2n) is 5.29. The lowest BCUT2D eigenvalue weighted by Crippen LogP contribution is -2.49. The van der Waals surface area contributed by atoms with Crippen LogP contribution in [0.1, 0.15) is 32.4 Å². The van der Waals surface area contributed by atoms with Gasteiger partial charge in [-0.2, -0.15) is 11.8 Å². The van der Waals surface area contributed by atoms with Crippen LogP contribution >= 0.6 is 11.8 Å². The molecule has 1 aliphatic heterocycles. The zero-order chi connectivity index (χ0) is 13.7. The zero-order valence-electron chi connectivity index (χ0n) is 12.3. The Morgan fingerprint density at radius 1 is 1.32 bits per heavy atom. The number of hydrogen-bond acceptors (Lipinski definition) is 3. The molecule has 0 aliphatic carbocycles. The Morgan fingerprint density at radius 2 is 2.05 bits per heavy atom. The summed E-state index contributed by atoms with van der Waals surface area (Å²) in [6, 6.07) is 12.1. The number of thioether (sulfide) groups is 1. The van der Waals surface area contributed by atoms with Gasteiger partial charge in [0.1, 0.15) is 0 Å². The van der Waals surface area contributed by atoms with E-state index in [0.717, 1.165) is 18.3 Å². The number of nitrogens with zero attached hydrogens (tertiary/aromatic N) is 1.